The van der Waals surface area contributed by atoms with Gasteiger partial charge in [0.05, 0.1) is 4.92 Å². The highest BCUT2D eigenvalue weighted by atomic mass is 16.6. The third-order valence-electron chi connectivity index (χ3n) is 3.27. The second-order valence-electron chi connectivity index (χ2n) is 4.37. The standard InChI is InChI=1S/C14H8N2O4/c17-13-8-4-1-2-5-9(8)14(18)11(13)12-10(16(19)20)6-3-7-15-12/h1-7,11H. The van der Waals surface area contributed by atoms with E-state index >= 15 is 0 Å². The lowest BCUT2D eigenvalue weighted by molar-refractivity contribution is -0.385. The Kier molecular flexibility index (Phi) is 2.64. The second kappa shape index (κ2) is 4.34. The maximum Gasteiger partial charge on any atom is 0.291 e. The molecule has 0 atom stereocenters. The predicted molar refractivity (Wildman–Crippen MR) is 68.7 cm³/mol. The number of nitrogens with zero attached hydrogens (tertiary/aromatic N) is 2. The maximum atomic E-state index is 12.3. The minimum atomic E-state index is -1.21. The molecule has 20 heavy (non-hydrogen) atoms. The summed E-state index contributed by atoms with van der Waals surface area (Å²) in [6.45, 7) is 0. The van der Waals surface area contributed by atoms with E-state index in [1.807, 2.05) is 0 Å². The quantitative estimate of drug-likeness (QED) is 0.473. The Morgan fingerprint density at radius 1 is 1.00 bits per heavy atom. The van der Waals surface area contributed by atoms with Crippen molar-refractivity contribution in [3.8, 4) is 0 Å². The molecule has 3 rings (SSSR count). The number of carbonyl (C=O) groups excluding carboxylic acids is 2. The summed E-state index contributed by atoms with van der Waals surface area (Å²) < 4.78 is 0. The van der Waals surface area contributed by atoms with Gasteiger partial charge in [-0.2, -0.15) is 0 Å². The third-order valence-corrected chi connectivity index (χ3v) is 3.27. The van der Waals surface area contributed by atoms with Crippen LogP contribution in [0.1, 0.15) is 32.3 Å². The molecule has 0 saturated heterocycles. The van der Waals surface area contributed by atoms with Crippen LogP contribution in [0.3, 0.4) is 0 Å². The number of aromatic nitrogens is 1. The van der Waals surface area contributed by atoms with Gasteiger partial charge in [-0.05, 0) is 6.07 Å². The zero-order valence-electron chi connectivity index (χ0n) is 10.1. The van der Waals surface area contributed by atoms with Crippen LogP contribution in [0.5, 0.6) is 0 Å². The molecule has 6 nitrogen and oxygen atoms in total. The molecular formula is C14H8N2O4. The second-order valence-corrected chi connectivity index (χ2v) is 4.37. The third kappa shape index (κ3) is 1.62. The first-order valence-electron chi connectivity index (χ1n) is 5.88. The summed E-state index contributed by atoms with van der Waals surface area (Å²) in [5, 5.41) is 11.0. The first kappa shape index (κ1) is 12.2. The number of Topliss-reactive ketones (excluding diaryl/α,β-unsaturated/α-hetero) is 2. The summed E-state index contributed by atoms with van der Waals surface area (Å²) in [6, 6.07) is 9.04. The number of rotatable bonds is 2. The van der Waals surface area contributed by atoms with E-state index < -0.39 is 22.4 Å². The van der Waals surface area contributed by atoms with Crippen LogP contribution in [-0.2, 0) is 0 Å². The van der Waals surface area contributed by atoms with Gasteiger partial charge in [-0.25, -0.2) is 0 Å². The van der Waals surface area contributed by atoms with E-state index in [4.69, 9.17) is 0 Å². The SMILES string of the molecule is O=C1c2ccccc2C(=O)C1c1ncccc1[N+](=O)[O-]. The molecule has 0 bridgehead atoms. The van der Waals surface area contributed by atoms with Crippen molar-refractivity contribution in [2.24, 2.45) is 0 Å². The van der Waals surface area contributed by atoms with Crippen molar-refractivity contribution < 1.29 is 14.5 Å². The van der Waals surface area contributed by atoms with Gasteiger partial charge in [0, 0.05) is 23.4 Å². The zero-order valence-corrected chi connectivity index (χ0v) is 10.1. The van der Waals surface area contributed by atoms with Crippen molar-refractivity contribution >= 4 is 17.3 Å². The lowest BCUT2D eigenvalue weighted by Gasteiger charge is -2.06. The van der Waals surface area contributed by atoms with Crippen LogP contribution in [-0.4, -0.2) is 21.5 Å². The highest BCUT2D eigenvalue weighted by Crippen LogP contribution is 2.36. The number of benzene rings is 1. The Labute approximate surface area is 113 Å². The molecule has 1 heterocycles. The summed E-state index contributed by atoms with van der Waals surface area (Å²) in [4.78, 5) is 38.9. The summed E-state index contributed by atoms with van der Waals surface area (Å²) in [6.07, 6.45) is 1.34. The molecule has 1 aliphatic carbocycles. The Balaban J connectivity index is 2.17. The van der Waals surface area contributed by atoms with Gasteiger partial charge >= 0.3 is 0 Å². The van der Waals surface area contributed by atoms with Gasteiger partial charge in [-0.1, -0.05) is 24.3 Å². The molecule has 0 N–H and O–H groups in total. The Morgan fingerprint density at radius 2 is 1.60 bits per heavy atom. The molecule has 98 valence electrons. The first-order chi connectivity index (χ1) is 9.61. The lowest BCUT2D eigenvalue weighted by Crippen LogP contribution is -2.16. The zero-order chi connectivity index (χ0) is 14.3. The molecule has 1 aliphatic rings. The monoisotopic (exact) mass is 268 g/mol. The molecule has 0 amide bonds. The van der Waals surface area contributed by atoms with Crippen molar-refractivity contribution in [2.45, 2.75) is 5.92 Å². The average Bonchev–Trinajstić information content (AvgIpc) is 2.71. The van der Waals surface area contributed by atoms with Gasteiger partial charge in [0.2, 0.25) is 0 Å². The number of pyridine rings is 1. The van der Waals surface area contributed by atoms with Gasteiger partial charge in [0.25, 0.3) is 5.69 Å². The summed E-state index contributed by atoms with van der Waals surface area (Å²) in [5.41, 5.74) is 0.181. The molecule has 2 aromatic rings. The van der Waals surface area contributed by atoms with Gasteiger partial charge < -0.3 is 0 Å². The van der Waals surface area contributed by atoms with Crippen LogP contribution in [0.15, 0.2) is 42.6 Å². The Hall–Kier alpha value is -2.89. The van der Waals surface area contributed by atoms with E-state index in [2.05, 4.69) is 4.98 Å². The molecule has 1 aromatic heterocycles. The van der Waals surface area contributed by atoms with Crippen LogP contribution in [0, 0.1) is 10.1 Å². The fraction of sp³-hybridized carbons (Fsp3) is 0.0714. The molecular weight excluding hydrogens is 260 g/mol. The molecule has 0 unspecified atom stereocenters. The fourth-order valence-corrected chi connectivity index (χ4v) is 2.38. The molecule has 6 heteroatoms. The normalized spacial score (nSPS) is 14.4. The van der Waals surface area contributed by atoms with Crippen molar-refractivity contribution in [2.75, 3.05) is 0 Å². The van der Waals surface area contributed by atoms with E-state index in [-0.39, 0.29) is 11.4 Å². The molecule has 0 radical (unpaired) electrons. The molecule has 0 saturated carbocycles. The van der Waals surface area contributed by atoms with E-state index in [0.29, 0.717) is 11.1 Å². The number of hydrogen-bond donors (Lipinski definition) is 0. The molecule has 0 aliphatic heterocycles. The van der Waals surface area contributed by atoms with Crippen molar-refractivity contribution in [3.05, 3.63) is 69.5 Å². The number of fused-ring (bicyclic) bond motifs is 1. The summed E-state index contributed by atoms with van der Waals surface area (Å²) >= 11 is 0. The maximum absolute atomic E-state index is 12.3. The predicted octanol–water partition coefficient (Wildman–Crippen LogP) is 2.15. The van der Waals surface area contributed by atoms with E-state index in [1.165, 1.54) is 18.3 Å². The van der Waals surface area contributed by atoms with Crippen LogP contribution >= 0.6 is 0 Å². The van der Waals surface area contributed by atoms with Crippen LogP contribution in [0.4, 0.5) is 5.69 Å². The number of carbonyl (C=O) groups is 2. The van der Waals surface area contributed by atoms with Gasteiger partial charge in [0.15, 0.2) is 11.6 Å². The van der Waals surface area contributed by atoms with Gasteiger partial charge in [0.1, 0.15) is 11.6 Å². The average molecular weight is 268 g/mol. The van der Waals surface area contributed by atoms with E-state index in [1.54, 1.807) is 24.3 Å². The van der Waals surface area contributed by atoms with Gasteiger partial charge in [-0.3, -0.25) is 24.7 Å². The largest absolute Gasteiger partial charge is 0.293 e. The Bertz CT molecular complexity index is 719. The van der Waals surface area contributed by atoms with Crippen molar-refractivity contribution in [1.82, 2.24) is 4.98 Å². The van der Waals surface area contributed by atoms with E-state index in [0.717, 1.165) is 0 Å². The fourth-order valence-electron chi connectivity index (χ4n) is 2.38. The van der Waals surface area contributed by atoms with Crippen LogP contribution in [0.2, 0.25) is 0 Å². The molecule has 0 fully saturated rings. The molecule has 1 aromatic carbocycles. The highest BCUT2D eigenvalue weighted by Gasteiger charge is 2.43. The van der Waals surface area contributed by atoms with Crippen molar-refractivity contribution in [1.29, 1.82) is 0 Å². The lowest BCUT2D eigenvalue weighted by atomic mass is 9.98. The Morgan fingerprint density at radius 3 is 2.15 bits per heavy atom. The van der Waals surface area contributed by atoms with Crippen molar-refractivity contribution in [3.63, 3.8) is 0 Å². The number of hydrogen-bond acceptors (Lipinski definition) is 5. The van der Waals surface area contributed by atoms with Gasteiger partial charge in [-0.15, -0.1) is 0 Å². The molecule has 0 spiro atoms. The van der Waals surface area contributed by atoms with Crippen LogP contribution in [0.25, 0.3) is 0 Å². The first-order valence-corrected chi connectivity index (χ1v) is 5.88. The topological polar surface area (TPSA) is 90.2 Å². The number of ketones is 2. The smallest absolute Gasteiger partial charge is 0.291 e. The summed E-state index contributed by atoms with van der Waals surface area (Å²) in [5.74, 6) is -2.09. The van der Waals surface area contributed by atoms with Crippen LogP contribution < -0.4 is 0 Å². The minimum absolute atomic E-state index is 0.0938. The minimum Gasteiger partial charge on any atom is -0.293 e. The number of nitro groups is 1. The highest BCUT2D eigenvalue weighted by molar-refractivity contribution is 6.29. The van der Waals surface area contributed by atoms with E-state index in [9.17, 15) is 19.7 Å². The summed E-state index contributed by atoms with van der Waals surface area (Å²) in [7, 11) is 0.